The Kier molecular flexibility index (Phi) is 36.0. The van der Waals surface area contributed by atoms with Gasteiger partial charge in [0.05, 0.1) is 60.1 Å². The number of amides is 3. The lowest BCUT2D eigenvalue weighted by Crippen LogP contribution is -2.61. The maximum Gasteiger partial charge on any atom is 0.410 e. The number of hydrogen-bond donors (Lipinski definition) is 8. The summed E-state index contributed by atoms with van der Waals surface area (Å²) in [5, 5.41) is 50.5. The maximum atomic E-state index is 14.6. The number of Topliss-reactive ketones (excluding diaryl/α,β-unsaturated/α-hetero) is 2. The second-order valence-electron chi connectivity index (χ2n) is 36.7. The zero-order valence-corrected chi connectivity index (χ0v) is 77.6. The van der Waals surface area contributed by atoms with Crippen molar-refractivity contribution in [1.29, 1.82) is 0 Å². The Morgan fingerprint density at radius 1 is 0.619 bits per heavy atom. The summed E-state index contributed by atoms with van der Waals surface area (Å²) in [4.78, 5) is 104. The Hall–Kier alpha value is -8.37. The van der Waals surface area contributed by atoms with Gasteiger partial charge in [0.1, 0.15) is 54.2 Å². The molecular weight excluding hydrogens is 1630 g/mol. The number of nitrogens with zero attached hydrogens (tertiary/aromatic N) is 10. The Balaban J connectivity index is 0.000000286. The lowest BCUT2D eigenvalue weighted by molar-refractivity contribution is -0.296. The summed E-state index contributed by atoms with van der Waals surface area (Å²) < 4.78 is 72.0. The number of unbranched alkanes of at least 4 members (excludes halogenated alkanes) is 2. The smallest absolute Gasteiger partial charge is 0.410 e. The molecule has 0 saturated carbocycles. The molecule has 3 amide bonds. The zero-order valence-electron chi connectivity index (χ0n) is 77.6. The number of hydrogen-bond acceptors (Lipinski definition) is 31. The van der Waals surface area contributed by atoms with Crippen LogP contribution in [0.1, 0.15) is 161 Å². The number of carbonyl (C=O) groups is 7. The van der Waals surface area contributed by atoms with Crippen molar-refractivity contribution >= 4 is 53.2 Å². The van der Waals surface area contributed by atoms with Crippen LogP contribution in [0.4, 0.5) is 25.8 Å². The minimum absolute atomic E-state index is 0.0330. The van der Waals surface area contributed by atoms with Gasteiger partial charge in [0.15, 0.2) is 35.3 Å². The first kappa shape index (κ1) is 101. The van der Waals surface area contributed by atoms with Crippen molar-refractivity contribution in [2.24, 2.45) is 41.2 Å². The number of alkyl carbamates (subject to hydrolysis) is 1. The number of rotatable bonds is 27. The molecule has 0 aliphatic carbocycles. The van der Waals surface area contributed by atoms with Crippen molar-refractivity contribution in [1.82, 2.24) is 65.5 Å². The number of methoxy groups -OCH3 is 2. The number of nitrogen functional groups attached to an aromatic ring is 2. The number of aromatic nitrogens is 6. The number of esters is 2. The van der Waals surface area contributed by atoms with Crippen LogP contribution in [-0.2, 0) is 84.4 Å². The van der Waals surface area contributed by atoms with E-state index >= 15 is 0 Å². The standard InChI is InChI=1S/C47H74N8O11.C43H70N8O9/c1-12-21-62-44(59)50-26-34-23-36(53(9)10)39(57)43(63-34)65-41-29(4)38(56)30(5)42(58)64-37(13-2)47(8)40(31(6)49-25-28(3)24-46(41,7)61-11)55(45(60)66-47)20-15-14-19-54-27-35(51-52-54)32-17-16-18-33(48)22-32;1-11-34-43(7)37(51(41(55)60-43)18-13-12-17-50-24-32(47-48-50)29-15-14-16-30(45)19-29)28(5)46-23-25(2)21-42(6,56-10)38(26(3)35(52)27(4)39(54)58-34)59-40-36(53)33(49(8)9)20-31(22-44)57-40/h12,16-18,22,27-31,34,36-37,39-41,43,49,57H,1,13-15,19-21,23-26,48H2,2-11H3,(H,50,59);14-16,19,24-28,31,33-34,36-38,40,46,53H,11-13,17-18,20-23,44-45H2,1-10H3/t28-,29+,30-,31-,34?,36?,37-,39?,40-,41-,43+,46-,47-;25-,26+,27-,28-,31?,33?,34-,36?,37-,38-,40+,42-,43-/m11/s1. The summed E-state index contributed by atoms with van der Waals surface area (Å²) in [6.45, 7) is 32.4. The summed E-state index contributed by atoms with van der Waals surface area (Å²) in [5.74, 6) is -6.81. The highest BCUT2D eigenvalue weighted by atomic mass is 16.7. The second-order valence-corrected chi connectivity index (χ2v) is 36.7. The Labute approximate surface area is 742 Å². The fourth-order valence-electron chi connectivity index (χ4n) is 19.4. The summed E-state index contributed by atoms with van der Waals surface area (Å²) in [5.41, 5.74) is 17.7. The summed E-state index contributed by atoms with van der Waals surface area (Å²) in [7, 11) is 10.5. The van der Waals surface area contributed by atoms with Crippen molar-refractivity contribution in [3.63, 3.8) is 0 Å². The van der Waals surface area contributed by atoms with Crippen LogP contribution < -0.4 is 33.2 Å². The highest BCUT2D eigenvalue weighted by Gasteiger charge is 2.61. The molecule has 0 radical (unpaired) electrons. The molecule has 36 heteroatoms. The van der Waals surface area contributed by atoms with Gasteiger partial charge < -0.3 is 105 Å². The average Bonchev–Trinajstić information content (AvgIpc) is 1.60. The van der Waals surface area contributed by atoms with Gasteiger partial charge in [-0.15, -0.1) is 10.2 Å². The minimum Gasteiger partial charge on any atom is -0.458 e. The number of nitrogens with one attached hydrogen (secondary N) is 3. The molecule has 2 aromatic heterocycles. The van der Waals surface area contributed by atoms with E-state index in [4.69, 9.17) is 69.3 Å². The third-order valence-electron chi connectivity index (χ3n) is 26.5. The van der Waals surface area contributed by atoms with E-state index in [1.807, 2.05) is 147 Å². The quantitative estimate of drug-likeness (QED) is 0.00719. The van der Waals surface area contributed by atoms with Gasteiger partial charge in [-0.2, -0.15) is 0 Å². The lowest BCUT2D eigenvalue weighted by Gasteiger charge is -2.47. The molecule has 6 aliphatic heterocycles. The molecule has 2 aromatic carbocycles. The first-order valence-corrected chi connectivity index (χ1v) is 44.7. The van der Waals surface area contributed by atoms with Gasteiger partial charge in [0.25, 0.3) is 0 Å². The van der Waals surface area contributed by atoms with Gasteiger partial charge in [-0.1, -0.05) is 88.9 Å². The SMILES string of the molecule is C=CCOC(=O)NCC1CC(N(C)C)C(O)[C@H](O[C@@H]2[C@@H](C)C(=O)[C@@H](C)C(=O)O[C@H](CC)[C@@]3(C)OC(=O)N(CCCCn4cc(-c5cccc(N)c5)nn4)[C@@H]3[C@@H](C)NC[C@H](C)C[C@@]2(C)OC)O1.CC[C@H]1OC(=O)[C@H](C)C(=O)[C@H](C)[C@@H](O[C@@H]2OC(CN)CC(N(C)C)C2O)[C@](C)(OC)C[C@@H](C)CN[C@H](C)[C@H]2N(CCCCn3cc(-c4cccc(N)c4)nn3)C(=O)O[C@]12C. The zero-order chi connectivity index (χ0) is 92.6. The first-order valence-electron chi connectivity index (χ1n) is 44.7. The molecule has 0 bridgehead atoms. The van der Waals surface area contributed by atoms with Crippen molar-refractivity contribution in [2.45, 2.75) is 294 Å². The normalized spacial score (nSPS) is 34.8. The fraction of sp³-hybridized carbons (Fsp3) is 0.722. The number of aliphatic hydroxyl groups excluding tert-OH is 2. The Morgan fingerprint density at radius 3 is 1.39 bits per heavy atom. The van der Waals surface area contributed by atoms with Gasteiger partial charge in [-0.25, -0.2) is 14.4 Å². The van der Waals surface area contributed by atoms with E-state index < -0.39 is 161 Å². The van der Waals surface area contributed by atoms with Crippen molar-refractivity contribution in [3.05, 3.63) is 73.6 Å². The molecular formula is C90H144N16O20. The number of cyclic esters (lactones) is 2. The van der Waals surface area contributed by atoms with Crippen LogP contribution >= 0.6 is 0 Å². The number of aliphatic hydroxyl groups is 2. The van der Waals surface area contributed by atoms with E-state index in [0.717, 1.165) is 16.8 Å². The molecule has 6 unspecified atom stereocenters. The third-order valence-corrected chi connectivity index (χ3v) is 26.5. The predicted octanol–water partition coefficient (Wildman–Crippen LogP) is 7.40. The van der Waals surface area contributed by atoms with Crippen LogP contribution in [0.25, 0.3) is 22.5 Å². The van der Waals surface area contributed by atoms with Crippen molar-refractivity contribution in [2.75, 3.05) is 99.8 Å². The molecule has 8 heterocycles. The fourth-order valence-corrected chi connectivity index (χ4v) is 19.4. The molecule has 6 aliphatic rings. The number of carbonyl (C=O) groups excluding carboxylic acids is 7. The topological polar surface area (TPSA) is 450 Å². The maximum absolute atomic E-state index is 14.6. The Morgan fingerprint density at radius 2 is 1.02 bits per heavy atom. The number of benzene rings is 2. The van der Waals surface area contributed by atoms with Crippen LogP contribution in [0.2, 0.25) is 0 Å². The van der Waals surface area contributed by atoms with Crippen LogP contribution in [0.3, 0.4) is 0 Å². The first-order chi connectivity index (χ1) is 59.6. The van der Waals surface area contributed by atoms with Crippen LogP contribution in [0.5, 0.6) is 0 Å². The largest absolute Gasteiger partial charge is 0.458 e. The Bertz CT molecular complexity index is 4250. The van der Waals surface area contributed by atoms with E-state index in [9.17, 15) is 43.8 Å². The van der Waals surface area contributed by atoms with E-state index in [0.29, 0.717) is 121 Å². The van der Waals surface area contributed by atoms with E-state index in [1.54, 1.807) is 54.2 Å². The summed E-state index contributed by atoms with van der Waals surface area (Å²) >= 11 is 0. The third kappa shape index (κ3) is 24.2. The van der Waals surface area contributed by atoms with Gasteiger partial charge >= 0.3 is 30.2 Å². The molecule has 0 spiro atoms. The van der Waals surface area contributed by atoms with E-state index in [1.165, 1.54) is 19.9 Å². The highest BCUT2D eigenvalue weighted by molar-refractivity contribution is 6.01. The summed E-state index contributed by atoms with van der Waals surface area (Å²) in [6, 6.07) is 12.5. The van der Waals surface area contributed by atoms with Gasteiger partial charge in [-0.05, 0) is 197 Å². The van der Waals surface area contributed by atoms with Crippen LogP contribution in [0, 0.1) is 35.5 Å². The van der Waals surface area contributed by atoms with Gasteiger partial charge in [0.2, 0.25) is 0 Å². The van der Waals surface area contributed by atoms with Crippen LogP contribution in [-0.4, -0.2) is 310 Å². The number of nitrogens with two attached hydrogens (primary N) is 3. The average molecular weight is 1770 g/mol. The highest BCUT2D eigenvalue weighted by Crippen LogP contribution is 2.44. The molecule has 6 saturated heterocycles. The monoisotopic (exact) mass is 1770 g/mol. The van der Waals surface area contributed by atoms with Crippen molar-refractivity contribution < 1.29 is 95.9 Å². The van der Waals surface area contributed by atoms with Gasteiger partial charge in [0, 0.05) is 112 Å². The molecule has 26 atom stereocenters. The molecule has 36 nitrogen and oxygen atoms in total. The number of fused-ring (bicyclic) bond motifs is 2. The summed E-state index contributed by atoms with van der Waals surface area (Å²) in [6.07, 6.45) is -0.699. The van der Waals surface area contributed by atoms with Gasteiger partial charge in [-0.3, -0.25) is 38.3 Å². The predicted molar refractivity (Wildman–Crippen MR) is 471 cm³/mol. The molecule has 704 valence electrons. The van der Waals surface area contributed by atoms with E-state index in [-0.39, 0.29) is 55.8 Å². The number of ether oxygens (including phenoxy) is 11. The minimum atomic E-state index is -1.28. The number of aryl methyl sites for hydroxylation is 2. The molecule has 11 N–H and O–H groups in total. The second kappa shape index (κ2) is 44.8. The van der Waals surface area contributed by atoms with Crippen LogP contribution in [0.15, 0.2) is 73.6 Å². The molecule has 6 fully saturated rings. The molecule has 10 rings (SSSR count). The number of likely N-dealkylation sites (N-methyl/N-ethyl adjacent to an activating group) is 2. The molecule has 4 aromatic rings. The number of anilines is 2. The van der Waals surface area contributed by atoms with E-state index in [2.05, 4.69) is 57.0 Å². The lowest BCUT2D eigenvalue weighted by atomic mass is 9.78. The van der Waals surface area contributed by atoms with Crippen molar-refractivity contribution in [3.8, 4) is 22.5 Å². The number of ketones is 2. The molecule has 126 heavy (non-hydrogen) atoms.